The van der Waals surface area contributed by atoms with Gasteiger partial charge in [0.25, 0.3) is 5.91 Å². The maximum absolute atomic E-state index is 12.7. The van der Waals surface area contributed by atoms with Gasteiger partial charge in [-0.15, -0.1) is 0 Å². The molecular weight excluding hydrogens is 440 g/mol. The summed E-state index contributed by atoms with van der Waals surface area (Å²) in [5, 5.41) is 12.3. The fourth-order valence-electron chi connectivity index (χ4n) is 4.98. The third-order valence-corrected chi connectivity index (χ3v) is 6.83. The zero-order valence-corrected chi connectivity index (χ0v) is 18.3. The fraction of sp³-hybridized carbons (Fsp3) is 0.261. The molecule has 1 aliphatic carbocycles. The molecule has 3 atom stereocenters. The lowest BCUT2D eigenvalue weighted by Crippen LogP contribution is -2.35. The number of nitrogens with two attached hydrogens (primary N) is 1. The maximum Gasteiger partial charge on any atom is 0.256 e. The van der Waals surface area contributed by atoms with Crippen LogP contribution in [-0.4, -0.2) is 43.2 Å². The summed E-state index contributed by atoms with van der Waals surface area (Å²) in [6, 6.07) is 11.0. The summed E-state index contributed by atoms with van der Waals surface area (Å²) in [5.41, 5.74) is 8.67. The van der Waals surface area contributed by atoms with Crippen molar-refractivity contribution in [3.8, 4) is 11.3 Å². The van der Waals surface area contributed by atoms with E-state index in [4.69, 9.17) is 22.4 Å². The van der Waals surface area contributed by atoms with Crippen LogP contribution in [0.4, 0.5) is 11.6 Å². The van der Waals surface area contributed by atoms with Crippen molar-refractivity contribution in [1.82, 2.24) is 30.0 Å². The van der Waals surface area contributed by atoms with Gasteiger partial charge in [0.2, 0.25) is 0 Å². The topological polar surface area (TPSA) is 124 Å². The van der Waals surface area contributed by atoms with Crippen molar-refractivity contribution in [2.24, 2.45) is 5.92 Å². The van der Waals surface area contributed by atoms with E-state index in [1.165, 1.54) is 6.33 Å². The van der Waals surface area contributed by atoms with Gasteiger partial charge in [-0.2, -0.15) is 5.10 Å². The number of halogens is 1. The van der Waals surface area contributed by atoms with Gasteiger partial charge in [0.05, 0.1) is 16.5 Å². The normalized spacial score (nSPS) is 21.5. The largest absolute Gasteiger partial charge is 0.383 e. The number of rotatable bonds is 4. The minimum atomic E-state index is -0.298. The lowest BCUT2D eigenvalue weighted by molar-refractivity contribution is 0.102. The Hall–Kier alpha value is -3.56. The van der Waals surface area contributed by atoms with Crippen LogP contribution in [0.1, 0.15) is 29.2 Å². The number of carbonyl (C=O) groups excluding carboxylic acids is 1. The Bertz CT molecular complexity index is 1370. The molecule has 0 radical (unpaired) electrons. The Kier molecular flexibility index (Phi) is 4.74. The predicted octanol–water partition coefficient (Wildman–Crippen LogP) is 3.30. The number of hydrogen-bond acceptors (Lipinski definition) is 7. The molecular formula is C23H21ClN8O. The van der Waals surface area contributed by atoms with Crippen LogP contribution in [0.15, 0.2) is 48.9 Å². The smallest absolute Gasteiger partial charge is 0.256 e. The monoisotopic (exact) mass is 460 g/mol. The molecule has 4 N–H and O–H groups in total. The van der Waals surface area contributed by atoms with E-state index in [0.29, 0.717) is 56.5 Å². The van der Waals surface area contributed by atoms with Crippen LogP contribution >= 0.6 is 11.6 Å². The molecule has 1 saturated heterocycles. The quantitative estimate of drug-likeness (QED) is 0.426. The van der Waals surface area contributed by atoms with Crippen molar-refractivity contribution in [2.75, 3.05) is 17.6 Å². The Labute approximate surface area is 194 Å². The highest BCUT2D eigenvalue weighted by Gasteiger charge is 2.42. The molecule has 1 amide bonds. The van der Waals surface area contributed by atoms with Crippen LogP contribution in [0.2, 0.25) is 5.02 Å². The van der Waals surface area contributed by atoms with Crippen molar-refractivity contribution in [1.29, 1.82) is 0 Å². The van der Waals surface area contributed by atoms with E-state index in [1.54, 1.807) is 42.6 Å². The summed E-state index contributed by atoms with van der Waals surface area (Å²) < 4.78 is 1.97. The van der Waals surface area contributed by atoms with E-state index in [9.17, 15) is 4.79 Å². The second-order valence-corrected chi connectivity index (χ2v) is 8.94. The second kappa shape index (κ2) is 7.79. The molecule has 2 unspecified atom stereocenters. The zero-order chi connectivity index (χ0) is 22.5. The molecule has 6 rings (SSSR count). The molecule has 9 nitrogen and oxygen atoms in total. The van der Waals surface area contributed by atoms with Crippen LogP contribution in [0.5, 0.6) is 0 Å². The molecule has 4 heterocycles. The molecule has 1 aliphatic heterocycles. The Morgan fingerprint density at radius 3 is 2.82 bits per heavy atom. The summed E-state index contributed by atoms with van der Waals surface area (Å²) in [6.45, 7) is 1.05. The Morgan fingerprint density at radius 2 is 2.09 bits per heavy atom. The van der Waals surface area contributed by atoms with Gasteiger partial charge in [0, 0.05) is 23.4 Å². The van der Waals surface area contributed by atoms with Crippen molar-refractivity contribution in [3.63, 3.8) is 0 Å². The molecule has 3 aromatic heterocycles. The molecule has 166 valence electrons. The number of nitrogen functional groups attached to an aromatic ring is 1. The molecule has 10 heteroatoms. The first-order valence-electron chi connectivity index (χ1n) is 10.8. The summed E-state index contributed by atoms with van der Waals surface area (Å²) in [4.78, 5) is 25.5. The number of aromatic nitrogens is 5. The van der Waals surface area contributed by atoms with Gasteiger partial charge in [0.15, 0.2) is 5.65 Å². The van der Waals surface area contributed by atoms with E-state index in [1.807, 2.05) is 4.68 Å². The zero-order valence-electron chi connectivity index (χ0n) is 17.6. The Balaban J connectivity index is 1.39. The highest BCUT2D eigenvalue weighted by Crippen LogP contribution is 2.42. The number of amides is 1. The van der Waals surface area contributed by atoms with Gasteiger partial charge in [-0.3, -0.25) is 4.79 Å². The maximum atomic E-state index is 12.7. The average Bonchev–Trinajstić information content (AvgIpc) is 3.54. The lowest BCUT2D eigenvalue weighted by Gasteiger charge is -2.23. The molecule has 33 heavy (non-hydrogen) atoms. The van der Waals surface area contributed by atoms with Crippen molar-refractivity contribution in [2.45, 2.75) is 24.9 Å². The molecule has 0 spiro atoms. The summed E-state index contributed by atoms with van der Waals surface area (Å²) in [5.74, 6) is 1.18. The van der Waals surface area contributed by atoms with Crippen LogP contribution < -0.4 is 16.4 Å². The van der Waals surface area contributed by atoms with E-state index in [0.717, 1.165) is 19.4 Å². The van der Waals surface area contributed by atoms with Gasteiger partial charge in [0.1, 0.15) is 23.7 Å². The molecule has 2 aliphatic rings. The van der Waals surface area contributed by atoms with Crippen LogP contribution in [0.3, 0.4) is 0 Å². The third kappa shape index (κ3) is 3.40. The number of nitrogens with one attached hydrogen (secondary N) is 2. The number of pyridine rings is 1. The lowest BCUT2D eigenvalue weighted by atomic mass is 10.1. The first-order chi connectivity index (χ1) is 16.1. The van der Waals surface area contributed by atoms with Gasteiger partial charge in [-0.1, -0.05) is 23.7 Å². The number of nitrogens with zero attached hydrogens (tertiary/aromatic N) is 5. The van der Waals surface area contributed by atoms with Crippen LogP contribution in [0, 0.1) is 5.92 Å². The van der Waals surface area contributed by atoms with Crippen molar-refractivity contribution >= 4 is 40.2 Å². The standard InChI is InChI=1S/C23H21ClN8O/c24-15-9-13(23(33)30-18-3-1-2-6-26-18)4-5-14(15)20-19-21(25)28-11-29-22(19)32(31-20)17-8-12-7-16(17)27-10-12/h1-6,9,11-12,16-17,27H,7-8,10H2,(H2,25,28,29)(H,26,30,33)/t12-,16?,17?/m1/s1. The number of carbonyl (C=O) groups is 1. The third-order valence-electron chi connectivity index (χ3n) is 6.52. The average molecular weight is 461 g/mol. The van der Waals surface area contributed by atoms with E-state index >= 15 is 0 Å². The van der Waals surface area contributed by atoms with Gasteiger partial charge < -0.3 is 16.4 Å². The molecule has 2 fully saturated rings. The minimum absolute atomic E-state index is 0.205. The molecule has 1 aromatic carbocycles. The van der Waals surface area contributed by atoms with Gasteiger partial charge in [-0.25, -0.2) is 19.6 Å². The molecule has 1 saturated carbocycles. The van der Waals surface area contributed by atoms with E-state index in [-0.39, 0.29) is 11.9 Å². The molecule has 4 aromatic rings. The predicted molar refractivity (Wildman–Crippen MR) is 126 cm³/mol. The SMILES string of the molecule is Nc1ncnc2c1c(-c1ccc(C(=O)Nc3ccccn3)cc1Cl)nn2C1C[C@@H]2CNC1C2. The van der Waals surface area contributed by atoms with E-state index in [2.05, 4.69) is 25.6 Å². The number of benzene rings is 1. The van der Waals surface area contributed by atoms with Crippen LogP contribution in [0.25, 0.3) is 22.3 Å². The van der Waals surface area contributed by atoms with Gasteiger partial charge >= 0.3 is 0 Å². The highest BCUT2D eigenvalue weighted by molar-refractivity contribution is 6.34. The summed E-state index contributed by atoms with van der Waals surface area (Å²) in [6.07, 6.45) is 5.28. The second-order valence-electron chi connectivity index (χ2n) is 8.53. The summed E-state index contributed by atoms with van der Waals surface area (Å²) >= 11 is 6.66. The number of anilines is 2. The van der Waals surface area contributed by atoms with Crippen molar-refractivity contribution < 1.29 is 4.79 Å². The fourth-order valence-corrected chi connectivity index (χ4v) is 5.25. The van der Waals surface area contributed by atoms with Crippen molar-refractivity contribution in [3.05, 3.63) is 59.5 Å². The first kappa shape index (κ1) is 20.1. The molecule has 2 bridgehead atoms. The number of fused-ring (bicyclic) bond motifs is 3. The first-order valence-corrected chi connectivity index (χ1v) is 11.2. The number of hydrogen-bond donors (Lipinski definition) is 3. The van der Waals surface area contributed by atoms with Crippen LogP contribution in [-0.2, 0) is 0 Å². The summed E-state index contributed by atoms with van der Waals surface area (Å²) in [7, 11) is 0. The van der Waals surface area contributed by atoms with E-state index < -0.39 is 0 Å². The number of piperidine rings is 1. The Morgan fingerprint density at radius 1 is 1.18 bits per heavy atom. The minimum Gasteiger partial charge on any atom is -0.383 e. The van der Waals surface area contributed by atoms with Gasteiger partial charge in [-0.05, 0) is 49.6 Å². The highest BCUT2D eigenvalue weighted by atomic mass is 35.5.